The molecule has 5 heteroatoms. The molecule has 0 aliphatic rings. The van der Waals surface area contributed by atoms with E-state index in [2.05, 4.69) is 5.32 Å². The lowest BCUT2D eigenvalue weighted by molar-refractivity contribution is -0.287. The molecule has 0 aliphatic carbocycles. The first kappa shape index (κ1) is 19.3. The number of benzene rings is 1. The normalized spacial score (nSPS) is 15.5. The molecule has 0 aromatic heterocycles. The largest absolute Gasteiger partial charge is 0.362 e. The van der Waals surface area contributed by atoms with Crippen LogP contribution in [-0.4, -0.2) is 24.8 Å². The number of carbonyl (C=O) groups excluding carboxylic acids is 2. The smallest absolute Gasteiger partial charge is 0.304 e. The standard InChI is InChI=1S/C18H27NO4/c1-14(11-20)18(19-5,13-17(2,3)4)16(21)23-22-12-15-9-7-6-8-10-15/h6-11,14,19H,12-13H2,1-5H3/t14?,18-/m0/s1. The van der Waals surface area contributed by atoms with Crippen LogP contribution in [0.15, 0.2) is 30.3 Å². The first-order valence-electron chi connectivity index (χ1n) is 7.77. The predicted molar refractivity (Wildman–Crippen MR) is 88.4 cm³/mol. The van der Waals surface area contributed by atoms with Crippen LogP contribution in [0, 0.1) is 11.3 Å². The minimum absolute atomic E-state index is 0.164. The van der Waals surface area contributed by atoms with Gasteiger partial charge in [-0.15, -0.1) is 0 Å². The summed E-state index contributed by atoms with van der Waals surface area (Å²) in [5, 5.41) is 2.99. The van der Waals surface area contributed by atoms with Crippen LogP contribution >= 0.6 is 0 Å². The second-order valence-electron chi connectivity index (χ2n) is 7.00. The van der Waals surface area contributed by atoms with Gasteiger partial charge in [0.15, 0.2) is 0 Å². The highest BCUT2D eigenvalue weighted by molar-refractivity contribution is 5.84. The molecule has 1 aromatic rings. The highest BCUT2D eigenvalue weighted by atomic mass is 17.2. The third kappa shape index (κ3) is 5.44. The average molecular weight is 321 g/mol. The van der Waals surface area contributed by atoms with Crippen molar-refractivity contribution in [1.82, 2.24) is 5.32 Å². The van der Waals surface area contributed by atoms with E-state index < -0.39 is 17.4 Å². The van der Waals surface area contributed by atoms with Gasteiger partial charge in [0, 0.05) is 5.92 Å². The van der Waals surface area contributed by atoms with Crippen molar-refractivity contribution in [1.29, 1.82) is 0 Å². The average Bonchev–Trinajstić information content (AvgIpc) is 2.51. The first-order valence-corrected chi connectivity index (χ1v) is 7.77. The molecule has 23 heavy (non-hydrogen) atoms. The highest BCUT2D eigenvalue weighted by Gasteiger charge is 2.47. The van der Waals surface area contributed by atoms with Crippen LogP contribution in [0.1, 0.15) is 39.7 Å². The third-order valence-corrected chi connectivity index (χ3v) is 3.80. The lowest BCUT2D eigenvalue weighted by atomic mass is 9.73. The Hall–Kier alpha value is -1.72. The van der Waals surface area contributed by atoms with E-state index in [-0.39, 0.29) is 12.0 Å². The Bertz CT molecular complexity index is 510. The van der Waals surface area contributed by atoms with Crippen LogP contribution in [0.5, 0.6) is 0 Å². The van der Waals surface area contributed by atoms with Gasteiger partial charge in [-0.05, 0) is 24.4 Å². The van der Waals surface area contributed by atoms with Gasteiger partial charge >= 0.3 is 5.97 Å². The minimum atomic E-state index is -1.11. The fourth-order valence-corrected chi connectivity index (χ4v) is 2.59. The molecule has 1 rings (SSSR count). The topological polar surface area (TPSA) is 64.6 Å². The van der Waals surface area contributed by atoms with E-state index >= 15 is 0 Å². The molecule has 2 atom stereocenters. The zero-order valence-electron chi connectivity index (χ0n) is 14.6. The van der Waals surface area contributed by atoms with Crippen LogP contribution in [-0.2, 0) is 26.0 Å². The van der Waals surface area contributed by atoms with Crippen molar-refractivity contribution in [3.05, 3.63) is 35.9 Å². The predicted octanol–water partition coefficient (Wildman–Crippen LogP) is 2.89. The molecule has 0 bridgehead atoms. The summed E-state index contributed by atoms with van der Waals surface area (Å²) in [6.45, 7) is 7.89. The van der Waals surface area contributed by atoms with Crippen molar-refractivity contribution >= 4 is 12.3 Å². The van der Waals surface area contributed by atoms with Crippen molar-refractivity contribution in [2.75, 3.05) is 7.05 Å². The second-order valence-corrected chi connectivity index (χ2v) is 7.00. The summed E-state index contributed by atoms with van der Waals surface area (Å²) >= 11 is 0. The van der Waals surface area contributed by atoms with Crippen LogP contribution < -0.4 is 5.32 Å². The molecule has 1 aromatic carbocycles. The maximum Gasteiger partial charge on any atom is 0.362 e. The summed E-state index contributed by atoms with van der Waals surface area (Å²) in [6.07, 6.45) is 1.21. The molecule has 0 heterocycles. The minimum Gasteiger partial charge on any atom is -0.304 e. The van der Waals surface area contributed by atoms with E-state index in [1.54, 1.807) is 14.0 Å². The van der Waals surface area contributed by atoms with Gasteiger partial charge < -0.3 is 10.1 Å². The Kier molecular flexibility index (Phi) is 6.91. The van der Waals surface area contributed by atoms with E-state index in [0.29, 0.717) is 6.42 Å². The molecule has 0 saturated heterocycles. The number of aldehydes is 1. The van der Waals surface area contributed by atoms with E-state index in [1.165, 1.54) is 0 Å². The number of hydrogen-bond acceptors (Lipinski definition) is 5. The van der Waals surface area contributed by atoms with E-state index in [9.17, 15) is 9.59 Å². The third-order valence-electron chi connectivity index (χ3n) is 3.80. The summed E-state index contributed by atoms with van der Waals surface area (Å²) in [4.78, 5) is 34.0. The lowest BCUT2D eigenvalue weighted by Crippen LogP contribution is -2.58. The van der Waals surface area contributed by atoms with Crippen LogP contribution in [0.25, 0.3) is 0 Å². The molecule has 0 radical (unpaired) electrons. The zero-order chi connectivity index (χ0) is 17.5. The summed E-state index contributed by atoms with van der Waals surface area (Å²) < 4.78 is 0. The summed E-state index contributed by atoms with van der Waals surface area (Å²) in [7, 11) is 1.66. The van der Waals surface area contributed by atoms with Crippen LogP contribution in [0.3, 0.4) is 0 Å². The van der Waals surface area contributed by atoms with Gasteiger partial charge in [-0.25, -0.2) is 4.79 Å². The molecule has 0 aliphatic heterocycles. The Morgan fingerprint density at radius 2 is 1.87 bits per heavy atom. The summed E-state index contributed by atoms with van der Waals surface area (Å²) in [5.74, 6) is -1.12. The molecule has 128 valence electrons. The fraction of sp³-hybridized carbons (Fsp3) is 0.556. The van der Waals surface area contributed by atoms with E-state index in [4.69, 9.17) is 9.78 Å². The van der Waals surface area contributed by atoms with Gasteiger partial charge in [0.25, 0.3) is 0 Å². The van der Waals surface area contributed by atoms with Gasteiger partial charge in [0.1, 0.15) is 18.4 Å². The fourth-order valence-electron chi connectivity index (χ4n) is 2.59. The zero-order valence-corrected chi connectivity index (χ0v) is 14.6. The Labute approximate surface area is 138 Å². The Morgan fingerprint density at radius 3 is 2.35 bits per heavy atom. The Balaban J connectivity index is 2.80. The van der Waals surface area contributed by atoms with Crippen molar-refractivity contribution in [3.8, 4) is 0 Å². The Morgan fingerprint density at radius 1 is 1.26 bits per heavy atom. The van der Waals surface area contributed by atoms with Crippen LogP contribution in [0.4, 0.5) is 0 Å². The maximum atomic E-state index is 12.6. The number of rotatable bonds is 8. The summed E-state index contributed by atoms with van der Waals surface area (Å²) in [6, 6.07) is 9.42. The maximum absolute atomic E-state index is 12.6. The molecule has 0 amide bonds. The number of likely N-dealkylation sites (N-methyl/N-ethyl adjacent to an activating group) is 1. The number of carbonyl (C=O) groups is 2. The van der Waals surface area contributed by atoms with Crippen molar-refractivity contribution < 1.29 is 19.4 Å². The van der Waals surface area contributed by atoms with Crippen LogP contribution in [0.2, 0.25) is 0 Å². The van der Waals surface area contributed by atoms with E-state index in [1.807, 2.05) is 51.1 Å². The summed E-state index contributed by atoms with van der Waals surface area (Å²) in [5.41, 5.74) is -0.385. The first-order chi connectivity index (χ1) is 10.7. The van der Waals surface area contributed by atoms with Gasteiger partial charge in [-0.3, -0.25) is 4.89 Å². The monoisotopic (exact) mass is 321 g/mol. The molecule has 5 nitrogen and oxygen atoms in total. The lowest BCUT2D eigenvalue weighted by Gasteiger charge is -2.38. The van der Waals surface area contributed by atoms with Gasteiger partial charge in [0.05, 0.1) is 0 Å². The molecule has 0 saturated carbocycles. The highest BCUT2D eigenvalue weighted by Crippen LogP contribution is 2.33. The molecule has 1 unspecified atom stereocenters. The van der Waals surface area contributed by atoms with Crippen molar-refractivity contribution in [2.45, 2.75) is 46.3 Å². The number of nitrogens with one attached hydrogen (secondary N) is 1. The quantitative estimate of drug-likeness (QED) is 0.453. The molecule has 0 fully saturated rings. The van der Waals surface area contributed by atoms with Gasteiger partial charge in [0.2, 0.25) is 0 Å². The van der Waals surface area contributed by atoms with Gasteiger partial charge in [-0.1, -0.05) is 58.0 Å². The van der Waals surface area contributed by atoms with E-state index in [0.717, 1.165) is 11.8 Å². The molecular weight excluding hydrogens is 294 g/mol. The molecule has 0 spiro atoms. The molecular formula is C18H27NO4. The van der Waals surface area contributed by atoms with Crippen molar-refractivity contribution in [3.63, 3.8) is 0 Å². The van der Waals surface area contributed by atoms with Gasteiger partial charge in [-0.2, -0.15) is 4.89 Å². The number of hydrogen-bond donors (Lipinski definition) is 1. The molecule has 1 N–H and O–H groups in total. The SMILES string of the molecule is CN[C@](CC(C)(C)C)(C(=O)OOCc1ccccc1)C(C)C=O. The second kappa shape index (κ2) is 8.22. The van der Waals surface area contributed by atoms with Crippen molar-refractivity contribution in [2.24, 2.45) is 11.3 Å².